The van der Waals surface area contributed by atoms with Crippen LogP contribution >= 0.6 is 28.3 Å². The summed E-state index contributed by atoms with van der Waals surface area (Å²) in [6.07, 6.45) is 2.23. The van der Waals surface area contributed by atoms with Crippen molar-refractivity contribution in [2.45, 2.75) is 39.7 Å². The molecule has 1 aromatic carbocycles. The SMILES string of the molecule is CCNCC1CCN(C(=O)c2cc(Br)cc(OC(C)C)c2)CC1.Cl. The van der Waals surface area contributed by atoms with E-state index in [1.165, 1.54) is 0 Å². The number of amides is 1. The molecule has 1 fully saturated rings. The third kappa shape index (κ3) is 6.26. The summed E-state index contributed by atoms with van der Waals surface area (Å²) in [6.45, 7) is 9.83. The third-order valence-corrected chi connectivity index (χ3v) is 4.53. The molecule has 0 unspecified atom stereocenters. The smallest absolute Gasteiger partial charge is 0.254 e. The van der Waals surface area contributed by atoms with Gasteiger partial charge in [0.25, 0.3) is 5.91 Å². The van der Waals surface area contributed by atoms with Gasteiger partial charge in [0.2, 0.25) is 0 Å². The maximum Gasteiger partial charge on any atom is 0.254 e. The summed E-state index contributed by atoms with van der Waals surface area (Å²) >= 11 is 3.47. The standard InChI is InChI=1S/C18H27BrN2O2.ClH/c1-4-20-12-14-5-7-21(8-6-14)18(22)15-9-16(19)11-17(10-15)23-13(2)3;/h9-11,13-14,20H,4-8,12H2,1-3H3;1H. The Hall–Kier alpha value is -0.780. The predicted molar refractivity (Wildman–Crippen MR) is 104 cm³/mol. The summed E-state index contributed by atoms with van der Waals surface area (Å²) in [5.41, 5.74) is 0.695. The van der Waals surface area contributed by atoms with Crippen LogP contribution in [-0.4, -0.2) is 43.1 Å². The predicted octanol–water partition coefficient (Wildman–Crippen LogP) is 4.12. The molecule has 1 N–H and O–H groups in total. The first-order valence-electron chi connectivity index (χ1n) is 8.46. The minimum absolute atomic E-state index is 0. The van der Waals surface area contributed by atoms with Gasteiger partial charge in [0.1, 0.15) is 5.75 Å². The second-order valence-corrected chi connectivity index (χ2v) is 7.30. The van der Waals surface area contributed by atoms with E-state index in [-0.39, 0.29) is 24.4 Å². The van der Waals surface area contributed by atoms with Crippen LogP contribution in [0.15, 0.2) is 22.7 Å². The van der Waals surface area contributed by atoms with Crippen molar-refractivity contribution in [2.75, 3.05) is 26.2 Å². The van der Waals surface area contributed by atoms with Gasteiger partial charge in [-0.2, -0.15) is 0 Å². The molecule has 1 saturated heterocycles. The average molecular weight is 420 g/mol. The molecule has 1 aliphatic rings. The highest BCUT2D eigenvalue weighted by molar-refractivity contribution is 9.10. The molecule has 0 atom stereocenters. The fourth-order valence-corrected chi connectivity index (χ4v) is 3.37. The monoisotopic (exact) mass is 418 g/mol. The van der Waals surface area contributed by atoms with E-state index in [0.29, 0.717) is 11.5 Å². The number of halogens is 2. The zero-order valence-corrected chi connectivity index (χ0v) is 17.1. The van der Waals surface area contributed by atoms with Crippen LogP contribution in [-0.2, 0) is 0 Å². The highest BCUT2D eigenvalue weighted by Crippen LogP contribution is 2.25. The number of hydrogen-bond donors (Lipinski definition) is 1. The Labute approximate surface area is 159 Å². The van der Waals surface area contributed by atoms with Gasteiger partial charge in [-0.05, 0) is 63.9 Å². The zero-order valence-electron chi connectivity index (χ0n) is 14.7. The fourth-order valence-electron chi connectivity index (χ4n) is 2.90. The molecule has 6 heteroatoms. The maximum atomic E-state index is 12.7. The number of nitrogens with one attached hydrogen (secondary N) is 1. The molecule has 1 heterocycles. The van der Waals surface area contributed by atoms with Gasteiger partial charge in [-0.15, -0.1) is 12.4 Å². The normalized spacial score (nSPS) is 15.3. The zero-order chi connectivity index (χ0) is 16.8. The Kier molecular flexibility index (Phi) is 9.09. The Morgan fingerprint density at radius 1 is 1.33 bits per heavy atom. The quantitative estimate of drug-likeness (QED) is 0.754. The Morgan fingerprint density at radius 3 is 2.58 bits per heavy atom. The highest BCUT2D eigenvalue weighted by Gasteiger charge is 2.24. The van der Waals surface area contributed by atoms with E-state index < -0.39 is 0 Å². The molecule has 0 aromatic heterocycles. The van der Waals surface area contributed by atoms with Crippen LogP contribution in [0.2, 0.25) is 0 Å². The number of hydrogen-bond acceptors (Lipinski definition) is 3. The van der Waals surface area contributed by atoms with Crippen LogP contribution < -0.4 is 10.1 Å². The minimum atomic E-state index is 0. The summed E-state index contributed by atoms with van der Waals surface area (Å²) in [7, 11) is 0. The second kappa shape index (κ2) is 10.3. The number of piperidine rings is 1. The van der Waals surface area contributed by atoms with Crippen LogP contribution in [0.5, 0.6) is 5.75 Å². The van der Waals surface area contributed by atoms with Gasteiger partial charge < -0.3 is 15.0 Å². The lowest BCUT2D eigenvalue weighted by Gasteiger charge is -2.32. The van der Waals surface area contributed by atoms with Crippen LogP contribution in [0.1, 0.15) is 44.0 Å². The van der Waals surface area contributed by atoms with Crippen molar-refractivity contribution in [1.29, 1.82) is 0 Å². The lowest BCUT2D eigenvalue weighted by atomic mass is 9.96. The molecule has 24 heavy (non-hydrogen) atoms. The van der Waals surface area contributed by atoms with Crippen molar-refractivity contribution >= 4 is 34.2 Å². The van der Waals surface area contributed by atoms with Crippen molar-refractivity contribution in [3.05, 3.63) is 28.2 Å². The summed E-state index contributed by atoms with van der Waals surface area (Å²) in [5, 5.41) is 3.40. The molecular formula is C18H28BrClN2O2. The average Bonchev–Trinajstić information content (AvgIpc) is 2.51. The topological polar surface area (TPSA) is 41.6 Å². The van der Waals surface area contributed by atoms with E-state index in [9.17, 15) is 4.79 Å². The van der Waals surface area contributed by atoms with Gasteiger partial charge in [-0.1, -0.05) is 22.9 Å². The number of likely N-dealkylation sites (tertiary alicyclic amines) is 1. The van der Waals surface area contributed by atoms with Crippen molar-refractivity contribution in [3.8, 4) is 5.75 Å². The molecule has 2 rings (SSSR count). The van der Waals surface area contributed by atoms with Crippen molar-refractivity contribution in [2.24, 2.45) is 5.92 Å². The molecule has 136 valence electrons. The number of rotatable bonds is 6. The number of benzene rings is 1. The molecule has 0 spiro atoms. The van der Waals surface area contributed by atoms with E-state index in [4.69, 9.17) is 4.74 Å². The molecule has 0 radical (unpaired) electrons. The van der Waals surface area contributed by atoms with Gasteiger partial charge in [-0.3, -0.25) is 4.79 Å². The first kappa shape index (κ1) is 21.3. The second-order valence-electron chi connectivity index (χ2n) is 6.39. The number of ether oxygens (including phenoxy) is 1. The van der Waals surface area contributed by atoms with Gasteiger partial charge in [0.05, 0.1) is 6.10 Å². The van der Waals surface area contributed by atoms with E-state index >= 15 is 0 Å². The Morgan fingerprint density at radius 2 is 2.00 bits per heavy atom. The minimum Gasteiger partial charge on any atom is -0.491 e. The van der Waals surface area contributed by atoms with Crippen LogP contribution in [0, 0.1) is 5.92 Å². The lowest BCUT2D eigenvalue weighted by molar-refractivity contribution is 0.0689. The summed E-state index contributed by atoms with van der Waals surface area (Å²) in [6, 6.07) is 5.62. The summed E-state index contributed by atoms with van der Waals surface area (Å²) in [5.74, 6) is 1.52. The molecule has 4 nitrogen and oxygen atoms in total. The van der Waals surface area contributed by atoms with Gasteiger partial charge in [0.15, 0.2) is 0 Å². The van der Waals surface area contributed by atoms with Crippen molar-refractivity contribution in [3.63, 3.8) is 0 Å². The maximum absolute atomic E-state index is 12.7. The van der Waals surface area contributed by atoms with Gasteiger partial charge in [-0.25, -0.2) is 0 Å². The molecular weight excluding hydrogens is 392 g/mol. The first-order chi connectivity index (χ1) is 11.0. The van der Waals surface area contributed by atoms with Crippen LogP contribution in [0.25, 0.3) is 0 Å². The molecule has 0 bridgehead atoms. The van der Waals surface area contributed by atoms with E-state index in [1.807, 2.05) is 36.9 Å². The van der Waals surface area contributed by atoms with Crippen molar-refractivity contribution in [1.82, 2.24) is 10.2 Å². The van der Waals surface area contributed by atoms with E-state index in [2.05, 4.69) is 28.2 Å². The third-order valence-electron chi connectivity index (χ3n) is 4.07. The Bertz CT molecular complexity index is 532. The molecule has 0 saturated carbocycles. The Balaban J connectivity index is 0.00000288. The summed E-state index contributed by atoms with van der Waals surface area (Å²) in [4.78, 5) is 14.7. The molecule has 1 aromatic rings. The van der Waals surface area contributed by atoms with Crippen molar-refractivity contribution < 1.29 is 9.53 Å². The number of nitrogens with zero attached hydrogens (tertiary/aromatic N) is 1. The van der Waals surface area contributed by atoms with Gasteiger partial charge >= 0.3 is 0 Å². The summed E-state index contributed by atoms with van der Waals surface area (Å²) < 4.78 is 6.60. The molecule has 1 amide bonds. The molecule has 1 aliphatic heterocycles. The largest absolute Gasteiger partial charge is 0.491 e. The number of carbonyl (C=O) groups is 1. The first-order valence-corrected chi connectivity index (χ1v) is 9.26. The lowest BCUT2D eigenvalue weighted by Crippen LogP contribution is -2.40. The van der Waals surface area contributed by atoms with E-state index in [0.717, 1.165) is 49.2 Å². The fraction of sp³-hybridized carbons (Fsp3) is 0.611. The van der Waals surface area contributed by atoms with Crippen LogP contribution in [0.3, 0.4) is 0 Å². The van der Waals surface area contributed by atoms with Gasteiger partial charge in [0, 0.05) is 23.1 Å². The van der Waals surface area contributed by atoms with Crippen LogP contribution in [0.4, 0.5) is 0 Å². The number of carbonyl (C=O) groups excluding carboxylic acids is 1. The highest BCUT2D eigenvalue weighted by atomic mass is 79.9. The van der Waals surface area contributed by atoms with E-state index in [1.54, 1.807) is 0 Å². The molecule has 0 aliphatic carbocycles.